The minimum absolute atomic E-state index is 0.116. The molecule has 1 saturated heterocycles. The van der Waals surface area contributed by atoms with Crippen LogP contribution in [0.2, 0.25) is 0 Å². The molecule has 0 aliphatic carbocycles. The Kier molecular flexibility index (Phi) is 4.82. The summed E-state index contributed by atoms with van der Waals surface area (Å²) in [5.41, 5.74) is 5.05. The van der Waals surface area contributed by atoms with E-state index < -0.39 is 18.6 Å². The van der Waals surface area contributed by atoms with E-state index in [4.69, 9.17) is 15.2 Å². The minimum atomic E-state index is -4.26. The average Bonchev–Trinajstić information content (AvgIpc) is 2.18. The van der Waals surface area contributed by atoms with Crippen LogP contribution in [0.4, 0.5) is 13.2 Å². The number of halogens is 3. The summed E-state index contributed by atoms with van der Waals surface area (Å²) in [5.74, 6) is -1.56. The van der Waals surface area contributed by atoms with Crippen LogP contribution in [0.15, 0.2) is 0 Å². The molecular formula is C9H16F3NO2. The Bertz CT molecular complexity index is 181. The standard InChI is InChI=1S/C9H16F3NO2/c10-9(11,12)7(5-13)6-15-8-1-3-14-4-2-8/h7-8H,1-6,13H2. The zero-order valence-electron chi connectivity index (χ0n) is 8.43. The lowest BCUT2D eigenvalue weighted by Crippen LogP contribution is -2.36. The van der Waals surface area contributed by atoms with E-state index in [1.807, 2.05) is 0 Å². The lowest BCUT2D eigenvalue weighted by atomic mass is 10.1. The monoisotopic (exact) mass is 227 g/mol. The van der Waals surface area contributed by atoms with Gasteiger partial charge in [-0.2, -0.15) is 13.2 Å². The minimum Gasteiger partial charge on any atom is -0.381 e. The zero-order valence-corrected chi connectivity index (χ0v) is 8.43. The first-order valence-electron chi connectivity index (χ1n) is 5.00. The largest absolute Gasteiger partial charge is 0.395 e. The third-order valence-electron chi connectivity index (χ3n) is 2.45. The molecule has 0 saturated carbocycles. The van der Waals surface area contributed by atoms with Gasteiger partial charge in [0, 0.05) is 19.8 Å². The summed E-state index contributed by atoms with van der Waals surface area (Å²) in [6, 6.07) is 0. The maximum Gasteiger partial charge on any atom is 0.395 e. The fourth-order valence-corrected chi connectivity index (χ4v) is 1.39. The summed E-state index contributed by atoms with van der Waals surface area (Å²) in [7, 11) is 0. The highest BCUT2D eigenvalue weighted by atomic mass is 19.4. The van der Waals surface area contributed by atoms with Crippen LogP contribution in [0.5, 0.6) is 0 Å². The normalized spacial score (nSPS) is 21.6. The van der Waals surface area contributed by atoms with Gasteiger partial charge in [0.15, 0.2) is 0 Å². The second kappa shape index (κ2) is 5.67. The van der Waals surface area contributed by atoms with E-state index in [1.54, 1.807) is 0 Å². The molecule has 90 valence electrons. The van der Waals surface area contributed by atoms with Crippen LogP contribution in [0.1, 0.15) is 12.8 Å². The Morgan fingerprint density at radius 2 is 1.93 bits per heavy atom. The van der Waals surface area contributed by atoms with Gasteiger partial charge in [0.05, 0.1) is 18.6 Å². The number of ether oxygens (including phenoxy) is 2. The number of hydrogen-bond acceptors (Lipinski definition) is 3. The van der Waals surface area contributed by atoms with Crippen LogP contribution in [-0.4, -0.2) is 38.6 Å². The molecule has 2 N–H and O–H groups in total. The molecule has 0 aromatic rings. The van der Waals surface area contributed by atoms with Crippen LogP contribution >= 0.6 is 0 Å². The molecular weight excluding hydrogens is 211 g/mol. The van der Waals surface area contributed by atoms with Gasteiger partial charge in [0.2, 0.25) is 0 Å². The first-order valence-corrected chi connectivity index (χ1v) is 5.00. The summed E-state index contributed by atoms with van der Waals surface area (Å²) in [6.07, 6.45) is -3.06. The fourth-order valence-electron chi connectivity index (χ4n) is 1.39. The van der Waals surface area contributed by atoms with E-state index >= 15 is 0 Å². The zero-order chi connectivity index (χ0) is 11.3. The number of nitrogens with two attached hydrogens (primary N) is 1. The average molecular weight is 227 g/mol. The lowest BCUT2D eigenvalue weighted by molar-refractivity contribution is -0.191. The van der Waals surface area contributed by atoms with Crippen LogP contribution in [0.3, 0.4) is 0 Å². The van der Waals surface area contributed by atoms with Crippen molar-refractivity contribution in [3.8, 4) is 0 Å². The summed E-state index contributed by atoms with van der Waals surface area (Å²) >= 11 is 0. The molecule has 1 fully saturated rings. The van der Waals surface area contributed by atoms with Crippen molar-refractivity contribution >= 4 is 0 Å². The van der Waals surface area contributed by atoms with Gasteiger partial charge in [-0.05, 0) is 12.8 Å². The predicted octanol–water partition coefficient (Wildman–Crippen LogP) is 1.32. The Labute approximate surface area is 86.7 Å². The summed E-state index contributed by atoms with van der Waals surface area (Å²) < 4.78 is 47.1. The SMILES string of the molecule is NCC(COC1CCOCC1)C(F)(F)F. The van der Waals surface area contributed by atoms with Crippen molar-refractivity contribution in [2.75, 3.05) is 26.4 Å². The molecule has 6 heteroatoms. The Balaban J connectivity index is 2.27. The lowest BCUT2D eigenvalue weighted by Gasteiger charge is -2.25. The third-order valence-corrected chi connectivity index (χ3v) is 2.45. The van der Waals surface area contributed by atoms with E-state index in [1.165, 1.54) is 0 Å². The van der Waals surface area contributed by atoms with Crippen molar-refractivity contribution in [3.63, 3.8) is 0 Å². The molecule has 15 heavy (non-hydrogen) atoms. The second-order valence-corrected chi connectivity index (χ2v) is 3.62. The molecule has 0 aromatic carbocycles. The summed E-state index contributed by atoms with van der Waals surface area (Å²) in [6.45, 7) is 0.353. The Morgan fingerprint density at radius 3 is 2.40 bits per heavy atom. The first kappa shape index (κ1) is 12.7. The maximum absolute atomic E-state index is 12.3. The highest BCUT2D eigenvalue weighted by Gasteiger charge is 2.39. The molecule has 1 aliphatic rings. The van der Waals surface area contributed by atoms with Gasteiger partial charge >= 0.3 is 6.18 Å². The fraction of sp³-hybridized carbons (Fsp3) is 1.00. The number of rotatable bonds is 4. The molecule has 0 bridgehead atoms. The molecule has 1 aliphatic heterocycles. The summed E-state index contributed by atoms with van der Waals surface area (Å²) in [4.78, 5) is 0. The van der Waals surface area contributed by atoms with Gasteiger partial charge in [-0.3, -0.25) is 0 Å². The van der Waals surface area contributed by atoms with Gasteiger partial charge in [0.1, 0.15) is 0 Å². The van der Waals surface area contributed by atoms with Crippen LogP contribution in [0, 0.1) is 5.92 Å². The molecule has 0 aromatic heterocycles. The molecule has 3 nitrogen and oxygen atoms in total. The van der Waals surface area contributed by atoms with E-state index in [2.05, 4.69) is 0 Å². The molecule has 1 atom stereocenters. The van der Waals surface area contributed by atoms with Crippen molar-refractivity contribution in [2.24, 2.45) is 11.7 Å². The van der Waals surface area contributed by atoms with Crippen LogP contribution < -0.4 is 5.73 Å². The predicted molar refractivity (Wildman–Crippen MR) is 48.4 cm³/mol. The topological polar surface area (TPSA) is 44.5 Å². The molecule has 1 unspecified atom stereocenters. The van der Waals surface area contributed by atoms with Crippen molar-refractivity contribution < 1.29 is 22.6 Å². The van der Waals surface area contributed by atoms with E-state index in [-0.39, 0.29) is 12.7 Å². The number of hydrogen-bond donors (Lipinski definition) is 1. The first-order chi connectivity index (χ1) is 7.04. The van der Waals surface area contributed by atoms with Gasteiger partial charge in [-0.15, -0.1) is 0 Å². The van der Waals surface area contributed by atoms with Gasteiger partial charge in [0.25, 0.3) is 0 Å². The van der Waals surface area contributed by atoms with Crippen molar-refractivity contribution in [1.29, 1.82) is 0 Å². The van der Waals surface area contributed by atoms with E-state index in [9.17, 15) is 13.2 Å². The van der Waals surface area contributed by atoms with Crippen LogP contribution in [-0.2, 0) is 9.47 Å². The van der Waals surface area contributed by atoms with Crippen molar-refractivity contribution in [3.05, 3.63) is 0 Å². The summed E-state index contributed by atoms with van der Waals surface area (Å²) in [5, 5.41) is 0. The third kappa shape index (κ3) is 4.36. The quantitative estimate of drug-likeness (QED) is 0.787. The molecule has 0 amide bonds. The molecule has 0 radical (unpaired) electrons. The maximum atomic E-state index is 12.3. The molecule has 1 heterocycles. The van der Waals surface area contributed by atoms with Gasteiger partial charge in [-0.25, -0.2) is 0 Å². The molecule has 1 rings (SSSR count). The van der Waals surface area contributed by atoms with E-state index in [0.29, 0.717) is 26.1 Å². The highest BCUT2D eigenvalue weighted by molar-refractivity contribution is 4.70. The smallest absolute Gasteiger partial charge is 0.381 e. The number of alkyl halides is 3. The van der Waals surface area contributed by atoms with Crippen molar-refractivity contribution in [2.45, 2.75) is 25.1 Å². The Hall–Kier alpha value is -0.330. The van der Waals surface area contributed by atoms with Crippen molar-refractivity contribution in [1.82, 2.24) is 0 Å². The highest BCUT2D eigenvalue weighted by Crippen LogP contribution is 2.26. The van der Waals surface area contributed by atoms with Gasteiger partial charge < -0.3 is 15.2 Å². The van der Waals surface area contributed by atoms with Crippen LogP contribution in [0.25, 0.3) is 0 Å². The second-order valence-electron chi connectivity index (χ2n) is 3.62. The molecule has 0 spiro atoms. The van der Waals surface area contributed by atoms with E-state index in [0.717, 1.165) is 0 Å². The van der Waals surface area contributed by atoms with Gasteiger partial charge in [-0.1, -0.05) is 0 Å². The Morgan fingerprint density at radius 1 is 1.33 bits per heavy atom.